The van der Waals surface area contributed by atoms with Gasteiger partial charge < -0.3 is 10.5 Å². The Hall–Kier alpha value is 0.270. The van der Waals surface area contributed by atoms with Crippen LogP contribution in [0.15, 0.2) is 0 Å². The molecule has 1 fully saturated rings. The lowest BCUT2D eigenvalue weighted by Crippen LogP contribution is -2.22. The van der Waals surface area contributed by atoms with Crippen molar-refractivity contribution in [3.8, 4) is 0 Å². The zero-order chi connectivity index (χ0) is 7.40. The molecule has 2 atom stereocenters. The monoisotopic (exact) mass is 161 g/mol. The predicted molar refractivity (Wildman–Crippen MR) is 45.3 cm³/mol. The number of ether oxygens (including phenoxy) is 1. The molecule has 0 saturated carbocycles. The molecule has 2 N–H and O–H groups in total. The lowest BCUT2D eigenvalue weighted by molar-refractivity contribution is 0.0629. The summed E-state index contributed by atoms with van der Waals surface area (Å²) in [5, 5.41) is 0.673. The normalized spacial score (nSPS) is 33.0. The summed E-state index contributed by atoms with van der Waals surface area (Å²) in [5.41, 5.74) is 5.32. The average molecular weight is 161 g/mol. The van der Waals surface area contributed by atoms with Crippen molar-refractivity contribution >= 4 is 11.8 Å². The van der Waals surface area contributed by atoms with Crippen molar-refractivity contribution < 1.29 is 4.74 Å². The molecule has 0 radical (unpaired) electrons. The maximum absolute atomic E-state index is 5.52. The molecule has 10 heavy (non-hydrogen) atoms. The van der Waals surface area contributed by atoms with Crippen LogP contribution in [0.4, 0.5) is 0 Å². The smallest absolute Gasteiger partial charge is 0.0699 e. The Bertz CT molecular complexity index is 99.6. The van der Waals surface area contributed by atoms with Gasteiger partial charge in [-0.3, -0.25) is 0 Å². The third-order valence-corrected chi connectivity index (χ3v) is 3.06. The van der Waals surface area contributed by atoms with Gasteiger partial charge in [0, 0.05) is 11.8 Å². The minimum absolute atomic E-state index is 0.466. The van der Waals surface area contributed by atoms with E-state index >= 15 is 0 Å². The Morgan fingerprint density at radius 1 is 1.70 bits per heavy atom. The van der Waals surface area contributed by atoms with Crippen LogP contribution in [0.1, 0.15) is 13.3 Å². The molecule has 1 heterocycles. The molecule has 0 bridgehead atoms. The molecule has 0 aromatic heterocycles. The molecule has 1 saturated heterocycles. The Kier molecular flexibility index (Phi) is 3.52. The number of nitrogens with two attached hydrogens (primary N) is 1. The molecule has 1 aliphatic heterocycles. The maximum Gasteiger partial charge on any atom is 0.0699 e. The first kappa shape index (κ1) is 8.37. The molecule has 2 nitrogen and oxygen atoms in total. The first-order chi connectivity index (χ1) is 4.84. The van der Waals surface area contributed by atoms with E-state index in [9.17, 15) is 0 Å². The van der Waals surface area contributed by atoms with Crippen LogP contribution < -0.4 is 5.73 Å². The van der Waals surface area contributed by atoms with Crippen LogP contribution in [0.2, 0.25) is 0 Å². The predicted octanol–water partition coefficient (Wildman–Crippen LogP) is 0.856. The second-order valence-electron chi connectivity index (χ2n) is 2.56. The molecule has 1 aliphatic rings. The molecule has 1 rings (SSSR count). The van der Waals surface area contributed by atoms with Crippen LogP contribution in [-0.4, -0.2) is 30.3 Å². The van der Waals surface area contributed by atoms with Crippen LogP contribution in [0.5, 0.6) is 0 Å². The summed E-state index contributed by atoms with van der Waals surface area (Å²) in [6.45, 7) is 3.59. The Morgan fingerprint density at radius 2 is 2.50 bits per heavy atom. The summed E-state index contributed by atoms with van der Waals surface area (Å²) >= 11 is 1.99. The Morgan fingerprint density at radius 3 is 3.00 bits per heavy atom. The third kappa shape index (κ3) is 2.15. The van der Waals surface area contributed by atoms with Gasteiger partial charge in [-0.25, -0.2) is 0 Å². The van der Waals surface area contributed by atoms with Crippen molar-refractivity contribution in [2.75, 3.05) is 18.9 Å². The van der Waals surface area contributed by atoms with Crippen LogP contribution in [0, 0.1) is 0 Å². The van der Waals surface area contributed by atoms with Crippen molar-refractivity contribution in [3.63, 3.8) is 0 Å². The molecule has 0 aromatic carbocycles. The lowest BCUT2D eigenvalue weighted by atomic mass is 10.2. The van der Waals surface area contributed by atoms with Crippen LogP contribution in [0.3, 0.4) is 0 Å². The molecule has 0 amide bonds. The van der Waals surface area contributed by atoms with Crippen molar-refractivity contribution in [1.82, 2.24) is 0 Å². The number of hydrogen-bond donors (Lipinski definition) is 1. The quantitative estimate of drug-likeness (QED) is 0.666. The molecule has 0 aliphatic carbocycles. The lowest BCUT2D eigenvalue weighted by Gasteiger charge is -2.14. The summed E-state index contributed by atoms with van der Waals surface area (Å²) in [7, 11) is 0. The van der Waals surface area contributed by atoms with E-state index in [-0.39, 0.29) is 0 Å². The fourth-order valence-corrected chi connectivity index (χ4v) is 2.32. The fraction of sp³-hybridized carbons (Fsp3) is 1.00. The molecule has 0 spiro atoms. The molecule has 3 heteroatoms. The van der Waals surface area contributed by atoms with Gasteiger partial charge >= 0.3 is 0 Å². The van der Waals surface area contributed by atoms with E-state index in [1.54, 1.807) is 0 Å². The van der Waals surface area contributed by atoms with Gasteiger partial charge in [-0.2, -0.15) is 11.8 Å². The molecular formula is C7H15NOS. The van der Waals surface area contributed by atoms with Crippen molar-refractivity contribution in [2.45, 2.75) is 24.7 Å². The average Bonchev–Trinajstić information content (AvgIpc) is 2.31. The van der Waals surface area contributed by atoms with Gasteiger partial charge in [0.25, 0.3) is 0 Å². The fourth-order valence-electron chi connectivity index (χ4n) is 1.15. The first-order valence-electron chi connectivity index (χ1n) is 3.78. The van der Waals surface area contributed by atoms with Crippen LogP contribution in [0.25, 0.3) is 0 Å². The highest BCUT2D eigenvalue weighted by Gasteiger charge is 2.23. The van der Waals surface area contributed by atoms with Gasteiger partial charge in [0.1, 0.15) is 0 Å². The summed E-state index contributed by atoms with van der Waals surface area (Å²) < 4.78 is 5.52. The molecule has 60 valence electrons. The number of rotatable bonds is 3. The Labute approximate surface area is 66.5 Å². The van der Waals surface area contributed by atoms with Crippen molar-refractivity contribution in [1.29, 1.82) is 0 Å². The second-order valence-corrected chi connectivity index (χ2v) is 4.05. The standard InChI is InChI=1S/C7H15NOS/c1-6-7(2-5-10-6)9-4-3-8/h6-7H,2-5,8H2,1H3. The van der Waals surface area contributed by atoms with E-state index in [1.165, 1.54) is 12.2 Å². The van der Waals surface area contributed by atoms with Gasteiger partial charge in [-0.1, -0.05) is 6.92 Å². The van der Waals surface area contributed by atoms with Crippen molar-refractivity contribution in [2.24, 2.45) is 5.73 Å². The largest absolute Gasteiger partial charge is 0.376 e. The highest BCUT2D eigenvalue weighted by molar-refractivity contribution is 8.00. The third-order valence-electron chi connectivity index (χ3n) is 1.76. The van der Waals surface area contributed by atoms with Crippen molar-refractivity contribution in [3.05, 3.63) is 0 Å². The van der Waals surface area contributed by atoms with Gasteiger partial charge in [-0.15, -0.1) is 0 Å². The summed E-state index contributed by atoms with van der Waals surface area (Å²) in [6, 6.07) is 0. The van der Waals surface area contributed by atoms with E-state index in [0.717, 1.165) is 6.61 Å². The second kappa shape index (κ2) is 4.21. The minimum Gasteiger partial charge on any atom is -0.376 e. The number of hydrogen-bond acceptors (Lipinski definition) is 3. The zero-order valence-corrected chi connectivity index (χ0v) is 7.19. The van der Waals surface area contributed by atoms with Gasteiger partial charge in [-0.05, 0) is 12.2 Å². The highest BCUT2D eigenvalue weighted by Crippen LogP contribution is 2.28. The minimum atomic E-state index is 0.466. The van der Waals surface area contributed by atoms with E-state index in [2.05, 4.69) is 6.92 Å². The van der Waals surface area contributed by atoms with Gasteiger partial charge in [0.15, 0.2) is 0 Å². The summed E-state index contributed by atoms with van der Waals surface area (Å²) in [5.74, 6) is 1.25. The summed E-state index contributed by atoms with van der Waals surface area (Å²) in [4.78, 5) is 0. The number of thioether (sulfide) groups is 1. The highest BCUT2D eigenvalue weighted by atomic mass is 32.2. The van der Waals surface area contributed by atoms with Crippen LogP contribution in [-0.2, 0) is 4.74 Å². The van der Waals surface area contributed by atoms with Gasteiger partial charge in [0.2, 0.25) is 0 Å². The van der Waals surface area contributed by atoms with E-state index < -0.39 is 0 Å². The van der Waals surface area contributed by atoms with E-state index in [0.29, 0.717) is 17.9 Å². The molecule has 0 aromatic rings. The first-order valence-corrected chi connectivity index (χ1v) is 4.82. The zero-order valence-electron chi connectivity index (χ0n) is 6.38. The Balaban J connectivity index is 2.14. The van der Waals surface area contributed by atoms with E-state index in [1.807, 2.05) is 11.8 Å². The molecule has 2 unspecified atom stereocenters. The molecular weight excluding hydrogens is 146 g/mol. The topological polar surface area (TPSA) is 35.2 Å². The van der Waals surface area contributed by atoms with Crippen LogP contribution >= 0.6 is 11.8 Å². The SMILES string of the molecule is CC1SCCC1OCCN. The maximum atomic E-state index is 5.52. The summed E-state index contributed by atoms with van der Waals surface area (Å²) in [6.07, 6.45) is 1.67. The van der Waals surface area contributed by atoms with E-state index in [4.69, 9.17) is 10.5 Å². The van der Waals surface area contributed by atoms with Gasteiger partial charge in [0.05, 0.1) is 12.7 Å².